The van der Waals surface area contributed by atoms with E-state index in [9.17, 15) is 0 Å². The summed E-state index contributed by atoms with van der Waals surface area (Å²) < 4.78 is 2.36. The maximum absolute atomic E-state index is 3.60. The Hall–Kier alpha value is -2.22. The van der Waals surface area contributed by atoms with Crippen molar-refractivity contribution >= 4 is 32.7 Å². The van der Waals surface area contributed by atoms with Gasteiger partial charge in [-0.15, -0.1) is 0 Å². The fourth-order valence-electron chi connectivity index (χ4n) is 3.92. The number of nitrogens with one attached hydrogen (secondary N) is 1. The summed E-state index contributed by atoms with van der Waals surface area (Å²) in [6.07, 6.45) is 1.07. The molecule has 0 atom stereocenters. The van der Waals surface area contributed by atoms with E-state index in [0.29, 0.717) is 0 Å². The lowest BCUT2D eigenvalue weighted by molar-refractivity contribution is 0.857. The van der Waals surface area contributed by atoms with E-state index in [4.69, 9.17) is 0 Å². The second kappa shape index (κ2) is 4.14. The van der Waals surface area contributed by atoms with Gasteiger partial charge in [0, 0.05) is 39.9 Å². The van der Waals surface area contributed by atoms with Crippen LogP contribution >= 0.6 is 0 Å². The van der Waals surface area contributed by atoms with Crippen molar-refractivity contribution in [2.75, 3.05) is 0 Å². The van der Waals surface area contributed by atoms with E-state index in [2.05, 4.69) is 67.7 Å². The van der Waals surface area contributed by atoms with E-state index >= 15 is 0 Å². The maximum atomic E-state index is 3.60. The number of para-hydroxylation sites is 1. The van der Waals surface area contributed by atoms with Crippen LogP contribution in [0, 0.1) is 13.8 Å². The van der Waals surface area contributed by atoms with E-state index in [1.54, 1.807) is 0 Å². The van der Waals surface area contributed by atoms with Crippen molar-refractivity contribution in [1.29, 1.82) is 0 Å². The van der Waals surface area contributed by atoms with Gasteiger partial charge in [0.2, 0.25) is 0 Å². The molecule has 0 saturated carbocycles. The summed E-state index contributed by atoms with van der Waals surface area (Å²) in [5.41, 5.74) is 8.07. The molecule has 0 spiro atoms. The minimum atomic E-state index is 1.07. The molecular formula is C19H20N2. The monoisotopic (exact) mass is 276 g/mol. The molecule has 0 bridgehead atoms. The van der Waals surface area contributed by atoms with Gasteiger partial charge in [0.05, 0.1) is 5.52 Å². The van der Waals surface area contributed by atoms with Gasteiger partial charge in [-0.1, -0.05) is 25.1 Å². The summed E-state index contributed by atoms with van der Waals surface area (Å²) >= 11 is 0. The lowest BCUT2D eigenvalue weighted by atomic mass is 10.0. The zero-order valence-corrected chi connectivity index (χ0v) is 13.0. The molecule has 2 heteroatoms. The number of nitrogens with zero attached hydrogens (tertiary/aromatic N) is 1. The third-order valence-electron chi connectivity index (χ3n) is 4.94. The van der Waals surface area contributed by atoms with Crippen LogP contribution in [0.1, 0.15) is 23.7 Å². The third kappa shape index (κ3) is 1.48. The van der Waals surface area contributed by atoms with E-state index < -0.39 is 0 Å². The predicted octanol–water partition coefficient (Wildman–Crippen LogP) is 4.99. The third-order valence-corrected chi connectivity index (χ3v) is 4.94. The van der Waals surface area contributed by atoms with Crippen molar-refractivity contribution in [3.05, 3.63) is 47.2 Å². The van der Waals surface area contributed by atoms with Gasteiger partial charge in [0.25, 0.3) is 0 Å². The van der Waals surface area contributed by atoms with Gasteiger partial charge in [0.1, 0.15) is 0 Å². The molecule has 21 heavy (non-hydrogen) atoms. The Morgan fingerprint density at radius 2 is 1.81 bits per heavy atom. The molecule has 0 aliphatic rings. The van der Waals surface area contributed by atoms with Crippen LogP contribution in [0.4, 0.5) is 0 Å². The average Bonchev–Trinajstić information content (AvgIpc) is 2.97. The summed E-state index contributed by atoms with van der Waals surface area (Å²) in [4.78, 5) is 3.60. The Morgan fingerprint density at radius 1 is 1.05 bits per heavy atom. The second-order valence-corrected chi connectivity index (χ2v) is 5.97. The first-order valence-electron chi connectivity index (χ1n) is 7.61. The van der Waals surface area contributed by atoms with Crippen LogP contribution in [0.25, 0.3) is 32.7 Å². The van der Waals surface area contributed by atoms with E-state index in [0.717, 1.165) is 6.42 Å². The lowest BCUT2D eigenvalue weighted by Gasteiger charge is -2.03. The molecule has 0 radical (unpaired) electrons. The number of aromatic nitrogens is 2. The van der Waals surface area contributed by atoms with Gasteiger partial charge in [-0.3, -0.25) is 0 Å². The lowest BCUT2D eigenvalue weighted by Crippen LogP contribution is -1.94. The Morgan fingerprint density at radius 3 is 2.57 bits per heavy atom. The first kappa shape index (κ1) is 12.5. The molecule has 1 N–H and O–H groups in total. The number of rotatable bonds is 1. The fraction of sp³-hybridized carbons (Fsp3) is 0.263. The van der Waals surface area contributed by atoms with Gasteiger partial charge in [0.15, 0.2) is 0 Å². The number of H-pyrrole nitrogens is 1. The SMILES string of the molecule is CCc1c(C)c2c(C)c3[nH]c4ccccc4c3cc2n1C. The standard InChI is InChI=1S/C19H20N2/c1-5-16-11(2)18-12(3)19-14(10-17(18)21(16)4)13-8-6-7-9-15(13)20-19/h6-10,20H,5H2,1-4H3. The van der Waals surface area contributed by atoms with Crippen LogP contribution in [-0.4, -0.2) is 9.55 Å². The molecule has 0 unspecified atom stereocenters. The fourth-order valence-corrected chi connectivity index (χ4v) is 3.92. The minimum Gasteiger partial charge on any atom is -0.354 e. The molecule has 0 aliphatic heterocycles. The van der Waals surface area contributed by atoms with Crippen LogP contribution < -0.4 is 0 Å². The highest BCUT2D eigenvalue weighted by Gasteiger charge is 2.16. The molecule has 2 aromatic carbocycles. The Kier molecular flexibility index (Phi) is 2.47. The normalized spacial score (nSPS) is 12.0. The molecular weight excluding hydrogens is 256 g/mol. The summed E-state index contributed by atoms with van der Waals surface area (Å²) in [5.74, 6) is 0. The highest BCUT2D eigenvalue weighted by molar-refractivity contribution is 6.14. The summed E-state index contributed by atoms with van der Waals surface area (Å²) in [6, 6.07) is 10.9. The molecule has 2 heterocycles. The van der Waals surface area contributed by atoms with Crippen molar-refractivity contribution in [3.63, 3.8) is 0 Å². The number of aryl methyl sites for hydroxylation is 3. The van der Waals surface area contributed by atoms with Crippen LogP contribution in [0.2, 0.25) is 0 Å². The Balaban J connectivity index is 2.29. The number of benzene rings is 2. The summed E-state index contributed by atoms with van der Waals surface area (Å²) in [6.45, 7) is 6.73. The van der Waals surface area contributed by atoms with Crippen molar-refractivity contribution in [2.24, 2.45) is 7.05 Å². The van der Waals surface area contributed by atoms with Crippen molar-refractivity contribution in [1.82, 2.24) is 9.55 Å². The van der Waals surface area contributed by atoms with Crippen molar-refractivity contribution < 1.29 is 0 Å². The first-order chi connectivity index (χ1) is 10.1. The molecule has 2 aromatic heterocycles. The van der Waals surface area contributed by atoms with Gasteiger partial charge < -0.3 is 9.55 Å². The topological polar surface area (TPSA) is 20.7 Å². The van der Waals surface area contributed by atoms with E-state index in [1.165, 1.54) is 49.5 Å². The molecule has 2 nitrogen and oxygen atoms in total. The van der Waals surface area contributed by atoms with Gasteiger partial charge >= 0.3 is 0 Å². The van der Waals surface area contributed by atoms with E-state index in [-0.39, 0.29) is 0 Å². The number of hydrogen-bond acceptors (Lipinski definition) is 0. The molecule has 4 rings (SSSR count). The summed E-state index contributed by atoms with van der Waals surface area (Å²) in [7, 11) is 2.19. The zero-order valence-electron chi connectivity index (χ0n) is 13.0. The highest BCUT2D eigenvalue weighted by atomic mass is 14.9. The molecule has 4 aromatic rings. The number of aromatic amines is 1. The van der Waals surface area contributed by atoms with Crippen LogP contribution in [-0.2, 0) is 13.5 Å². The van der Waals surface area contributed by atoms with E-state index in [1.807, 2.05) is 0 Å². The predicted molar refractivity (Wildman–Crippen MR) is 91.1 cm³/mol. The Bertz CT molecular complexity index is 999. The second-order valence-electron chi connectivity index (χ2n) is 5.97. The number of hydrogen-bond donors (Lipinski definition) is 1. The highest BCUT2D eigenvalue weighted by Crippen LogP contribution is 2.36. The quantitative estimate of drug-likeness (QED) is 0.505. The van der Waals surface area contributed by atoms with Crippen LogP contribution in [0.15, 0.2) is 30.3 Å². The van der Waals surface area contributed by atoms with Crippen molar-refractivity contribution in [2.45, 2.75) is 27.2 Å². The summed E-state index contributed by atoms with van der Waals surface area (Å²) in [5, 5.41) is 4.06. The smallest absolute Gasteiger partial charge is 0.0502 e. The largest absolute Gasteiger partial charge is 0.354 e. The van der Waals surface area contributed by atoms with Gasteiger partial charge in [-0.05, 0) is 43.5 Å². The molecule has 0 aliphatic carbocycles. The van der Waals surface area contributed by atoms with Crippen molar-refractivity contribution in [3.8, 4) is 0 Å². The minimum absolute atomic E-state index is 1.07. The van der Waals surface area contributed by atoms with Crippen LogP contribution in [0.5, 0.6) is 0 Å². The maximum Gasteiger partial charge on any atom is 0.0502 e. The molecule has 0 fully saturated rings. The molecule has 0 saturated heterocycles. The zero-order chi connectivity index (χ0) is 14.7. The van der Waals surface area contributed by atoms with Crippen LogP contribution in [0.3, 0.4) is 0 Å². The number of fused-ring (bicyclic) bond motifs is 4. The molecule has 0 amide bonds. The Labute approximate surface area is 124 Å². The van der Waals surface area contributed by atoms with Gasteiger partial charge in [-0.2, -0.15) is 0 Å². The molecule has 106 valence electrons. The first-order valence-corrected chi connectivity index (χ1v) is 7.61. The van der Waals surface area contributed by atoms with Gasteiger partial charge in [-0.25, -0.2) is 0 Å². The average molecular weight is 276 g/mol.